The van der Waals surface area contributed by atoms with Gasteiger partial charge in [-0.05, 0) is 24.1 Å². The van der Waals surface area contributed by atoms with E-state index in [2.05, 4.69) is 4.74 Å². The molecule has 1 rings (SSSR count). The Morgan fingerprint density at radius 3 is 2.69 bits per heavy atom. The van der Waals surface area contributed by atoms with Gasteiger partial charge in [0.05, 0.1) is 7.11 Å². The van der Waals surface area contributed by atoms with Crippen molar-refractivity contribution in [2.45, 2.75) is 6.42 Å². The fourth-order valence-electron chi connectivity index (χ4n) is 1.31. The molecule has 0 aliphatic heterocycles. The van der Waals surface area contributed by atoms with Gasteiger partial charge >= 0.3 is 11.9 Å². The smallest absolute Gasteiger partial charge is 0.320 e. The van der Waals surface area contributed by atoms with Crippen molar-refractivity contribution in [3.63, 3.8) is 0 Å². The molecule has 1 unspecified atom stereocenters. The Balaban J connectivity index is 2.84. The number of rotatable bonds is 4. The predicted molar refractivity (Wildman–Crippen MR) is 53.2 cm³/mol. The first kappa shape index (κ1) is 12.2. The normalized spacial score (nSPS) is 11.9. The minimum Gasteiger partial charge on any atom is -0.481 e. The third kappa shape index (κ3) is 3.05. The number of carbonyl (C=O) groups is 2. The molecule has 86 valence electrons. The van der Waals surface area contributed by atoms with Gasteiger partial charge in [0.15, 0.2) is 5.92 Å². The van der Waals surface area contributed by atoms with Crippen molar-refractivity contribution in [1.29, 1.82) is 0 Å². The summed E-state index contributed by atoms with van der Waals surface area (Å²) in [4.78, 5) is 21.9. The molecular weight excluding hydrogens is 215 g/mol. The molecule has 4 nitrogen and oxygen atoms in total. The molecule has 0 saturated heterocycles. The summed E-state index contributed by atoms with van der Waals surface area (Å²) in [5.41, 5.74) is 0.442. The predicted octanol–water partition coefficient (Wildman–Crippen LogP) is 1.24. The number of benzene rings is 1. The maximum Gasteiger partial charge on any atom is 0.320 e. The summed E-state index contributed by atoms with van der Waals surface area (Å²) in [7, 11) is 1.11. The highest BCUT2D eigenvalue weighted by molar-refractivity contribution is 5.94. The molecule has 1 N–H and O–H groups in total. The number of carboxylic acids is 1. The lowest BCUT2D eigenvalue weighted by atomic mass is 9.99. The molecule has 0 bridgehead atoms. The molecule has 1 aromatic rings. The zero-order valence-electron chi connectivity index (χ0n) is 8.64. The minimum atomic E-state index is -1.30. The Bertz CT molecular complexity index is 403. The van der Waals surface area contributed by atoms with Crippen molar-refractivity contribution in [2.75, 3.05) is 7.11 Å². The van der Waals surface area contributed by atoms with E-state index in [0.717, 1.165) is 7.11 Å². The fraction of sp³-hybridized carbons (Fsp3) is 0.273. The Morgan fingerprint density at radius 2 is 2.19 bits per heavy atom. The molecular formula is C11H11FO4. The average Bonchev–Trinajstić information content (AvgIpc) is 2.24. The van der Waals surface area contributed by atoms with E-state index in [0.29, 0.717) is 5.56 Å². The van der Waals surface area contributed by atoms with E-state index in [9.17, 15) is 14.0 Å². The molecule has 0 saturated carbocycles. The molecule has 0 spiro atoms. The van der Waals surface area contributed by atoms with Crippen molar-refractivity contribution < 1.29 is 23.8 Å². The molecule has 0 amide bonds. The molecule has 5 heteroatoms. The van der Waals surface area contributed by atoms with Gasteiger partial charge in [-0.3, -0.25) is 9.59 Å². The Morgan fingerprint density at radius 1 is 1.50 bits per heavy atom. The first-order valence-electron chi connectivity index (χ1n) is 4.59. The highest BCUT2D eigenvalue weighted by atomic mass is 19.1. The second-order valence-electron chi connectivity index (χ2n) is 3.25. The summed E-state index contributed by atoms with van der Waals surface area (Å²) in [6.45, 7) is 0. The van der Waals surface area contributed by atoms with E-state index >= 15 is 0 Å². The number of carboxylic acid groups (broad SMARTS) is 1. The van der Waals surface area contributed by atoms with Crippen molar-refractivity contribution in [3.05, 3.63) is 35.6 Å². The third-order valence-corrected chi connectivity index (χ3v) is 2.11. The SMILES string of the molecule is COC(=O)C(Cc1cccc(F)c1)C(=O)O. The highest BCUT2D eigenvalue weighted by Gasteiger charge is 2.27. The van der Waals surface area contributed by atoms with Crippen LogP contribution in [0.1, 0.15) is 5.56 Å². The second-order valence-corrected chi connectivity index (χ2v) is 3.25. The molecule has 0 aromatic heterocycles. The summed E-state index contributed by atoms with van der Waals surface area (Å²) < 4.78 is 17.2. The molecule has 0 fully saturated rings. The highest BCUT2D eigenvalue weighted by Crippen LogP contribution is 2.12. The number of halogens is 1. The number of esters is 1. The Hall–Kier alpha value is -1.91. The number of methoxy groups -OCH3 is 1. The van der Waals surface area contributed by atoms with E-state index in [-0.39, 0.29) is 6.42 Å². The van der Waals surface area contributed by atoms with Crippen LogP contribution in [0.15, 0.2) is 24.3 Å². The maximum atomic E-state index is 12.8. The van der Waals surface area contributed by atoms with Crippen molar-refractivity contribution in [2.24, 2.45) is 5.92 Å². The van der Waals surface area contributed by atoms with Crippen LogP contribution in [0, 0.1) is 11.7 Å². The number of ether oxygens (including phenoxy) is 1. The van der Waals surface area contributed by atoms with Crippen LogP contribution in [-0.2, 0) is 20.7 Å². The van der Waals surface area contributed by atoms with Crippen LogP contribution in [-0.4, -0.2) is 24.2 Å². The minimum absolute atomic E-state index is 0.0836. The van der Waals surface area contributed by atoms with Gasteiger partial charge in [0.25, 0.3) is 0 Å². The topological polar surface area (TPSA) is 63.6 Å². The molecule has 1 aromatic carbocycles. The summed E-state index contributed by atoms with van der Waals surface area (Å²) in [5.74, 6) is -3.88. The van der Waals surface area contributed by atoms with Gasteiger partial charge in [0, 0.05) is 0 Å². The zero-order valence-corrected chi connectivity index (χ0v) is 8.64. The second kappa shape index (κ2) is 5.25. The van der Waals surface area contributed by atoms with E-state index in [1.54, 1.807) is 6.07 Å². The molecule has 0 aliphatic rings. The molecule has 1 atom stereocenters. The monoisotopic (exact) mass is 226 g/mol. The van der Waals surface area contributed by atoms with Crippen molar-refractivity contribution >= 4 is 11.9 Å². The van der Waals surface area contributed by atoms with Gasteiger partial charge < -0.3 is 9.84 Å². The van der Waals surface area contributed by atoms with Crippen molar-refractivity contribution in [1.82, 2.24) is 0 Å². The number of hydrogen-bond acceptors (Lipinski definition) is 3. The molecule has 0 aliphatic carbocycles. The number of carbonyl (C=O) groups excluding carboxylic acids is 1. The van der Waals surface area contributed by atoms with Crippen LogP contribution in [0.2, 0.25) is 0 Å². The summed E-state index contributed by atoms with van der Waals surface area (Å²) >= 11 is 0. The van der Waals surface area contributed by atoms with Crippen molar-refractivity contribution in [3.8, 4) is 0 Å². The quantitative estimate of drug-likeness (QED) is 0.619. The molecule has 0 radical (unpaired) electrons. The van der Waals surface area contributed by atoms with Gasteiger partial charge in [-0.15, -0.1) is 0 Å². The Kier molecular flexibility index (Phi) is 3.99. The first-order valence-corrected chi connectivity index (χ1v) is 4.59. The van der Waals surface area contributed by atoms with Crippen LogP contribution < -0.4 is 0 Å². The van der Waals surface area contributed by atoms with E-state index in [1.165, 1.54) is 18.2 Å². The standard InChI is InChI=1S/C11H11FO4/c1-16-11(15)9(10(13)14)6-7-3-2-4-8(12)5-7/h2-5,9H,6H2,1H3,(H,13,14). The average molecular weight is 226 g/mol. The summed E-state index contributed by atoms with van der Waals surface area (Å²) in [6.07, 6.45) is -0.0836. The zero-order chi connectivity index (χ0) is 12.1. The first-order chi connectivity index (χ1) is 7.54. The van der Waals surface area contributed by atoms with Gasteiger partial charge in [0.1, 0.15) is 5.82 Å². The van der Waals surface area contributed by atoms with Crippen LogP contribution in [0.5, 0.6) is 0 Å². The Labute approximate surface area is 91.7 Å². The van der Waals surface area contributed by atoms with E-state index < -0.39 is 23.7 Å². The largest absolute Gasteiger partial charge is 0.481 e. The summed E-state index contributed by atoms with van der Waals surface area (Å²) in [5, 5.41) is 8.81. The van der Waals surface area contributed by atoms with Crippen LogP contribution >= 0.6 is 0 Å². The van der Waals surface area contributed by atoms with E-state index in [4.69, 9.17) is 5.11 Å². The molecule has 0 heterocycles. The van der Waals surface area contributed by atoms with Crippen LogP contribution in [0.3, 0.4) is 0 Å². The maximum absolute atomic E-state index is 12.8. The van der Waals surface area contributed by atoms with E-state index in [1.807, 2.05) is 0 Å². The lowest BCUT2D eigenvalue weighted by Crippen LogP contribution is -2.27. The lowest BCUT2D eigenvalue weighted by molar-refractivity contribution is -0.156. The number of aliphatic carboxylic acids is 1. The molecule has 16 heavy (non-hydrogen) atoms. The number of hydrogen-bond donors (Lipinski definition) is 1. The van der Waals surface area contributed by atoms with Gasteiger partial charge in [0.2, 0.25) is 0 Å². The van der Waals surface area contributed by atoms with Gasteiger partial charge in [-0.2, -0.15) is 0 Å². The fourth-order valence-corrected chi connectivity index (χ4v) is 1.31. The third-order valence-electron chi connectivity index (χ3n) is 2.11. The van der Waals surface area contributed by atoms with Crippen LogP contribution in [0.4, 0.5) is 4.39 Å². The van der Waals surface area contributed by atoms with Gasteiger partial charge in [-0.25, -0.2) is 4.39 Å². The summed E-state index contributed by atoms with van der Waals surface area (Å²) in [6, 6.07) is 5.46. The van der Waals surface area contributed by atoms with Gasteiger partial charge in [-0.1, -0.05) is 12.1 Å². The lowest BCUT2D eigenvalue weighted by Gasteiger charge is -2.09. The van der Waals surface area contributed by atoms with Crippen LogP contribution in [0.25, 0.3) is 0 Å².